The van der Waals surface area contributed by atoms with Crippen LogP contribution >= 0.6 is 0 Å². The van der Waals surface area contributed by atoms with E-state index in [0.29, 0.717) is 12.5 Å². The number of carbonyl (C=O) groups is 1. The molecule has 162 valence electrons. The minimum Gasteiger partial charge on any atom is -0.492 e. The zero-order chi connectivity index (χ0) is 20.6. The van der Waals surface area contributed by atoms with Crippen LogP contribution in [0, 0.1) is 11.8 Å². The van der Waals surface area contributed by atoms with E-state index in [0.717, 1.165) is 50.2 Å². The molecular formula is C22H32N6O2. The molecule has 0 unspecified atom stereocenters. The molecule has 30 heavy (non-hydrogen) atoms. The smallest absolute Gasteiger partial charge is 0.227 e. The van der Waals surface area contributed by atoms with Gasteiger partial charge in [0, 0.05) is 24.7 Å². The first kappa shape index (κ1) is 20.8. The lowest BCUT2D eigenvalue weighted by atomic mass is 9.81. The molecule has 2 heterocycles. The Kier molecular flexibility index (Phi) is 7.29. The maximum Gasteiger partial charge on any atom is 0.227 e. The molecule has 2 aliphatic rings. The standard InChI is InChI=1S/C22H32N6O2/c29-22(19-6-4-18(5-7-19)16-28-17-23-25-26-28)24-20-8-10-21(11-9-20)30-15-14-27-12-2-1-3-13-27/h8-11,17-19H,1-7,12-16H2,(H,24,29). The van der Waals surface area contributed by atoms with E-state index in [1.807, 2.05) is 24.3 Å². The first-order valence-electron chi connectivity index (χ1n) is 11.2. The molecule has 8 nitrogen and oxygen atoms in total. The third kappa shape index (κ3) is 6.01. The second kappa shape index (κ2) is 10.5. The summed E-state index contributed by atoms with van der Waals surface area (Å²) in [6, 6.07) is 7.73. The molecular weight excluding hydrogens is 380 g/mol. The lowest BCUT2D eigenvalue weighted by Gasteiger charge is -2.27. The highest BCUT2D eigenvalue weighted by molar-refractivity contribution is 5.92. The number of carbonyl (C=O) groups excluding carboxylic acids is 1. The van der Waals surface area contributed by atoms with Crippen LogP contribution in [0.25, 0.3) is 0 Å². The Balaban J connectivity index is 1.16. The number of benzene rings is 1. The zero-order valence-electron chi connectivity index (χ0n) is 17.6. The van der Waals surface area contributed by atoms with Gasteiger partial charge in [0.15, 0.2) is 0 Å². The quantitative estimate of drug-likeness (QED) is 0.717. The van der Waals surface area contributed by atoms with Crippen LogP contribution in [0.2, 0.25) is 0 Å². The largest absolute Gasteiger partial charge is 0.492 e. The molecule has 4 rings (SSSR count). The fourth-order valence-corrected chi connectivity index (χ4v) is 4.49. The van der Waals surface area contributed by atoms with Crippen LogP contribution in [-0.4, -0.2) is 57.3 Å². The van der Waals surface area contributed by atoms with Crippen molar-refractivity contribution in [2.24, 2.45) is 11.8 Å². The Morgan fingerprint density at radius 2 is 1.83 bits per heavy atom. The summed E-state index contributed by atoms with van der Waals surface area (Å²) in [5.74, 6) is 1.59. The topological polar surface area (TPSA) is 85.2 Å². The maximum atomic E-state index is 12.6. The molecule has 1 N–H and O–H groups in total. The predicted octanol–water partition coefficient (Wildman–Crippen LogP) is 2.98. The average molecular weight is 413 g/mol. The average Bonchev–Trinajstić information content (AvgIpc) is 3.29. The summed E-state index contributed by atoms with van der Waals surface area (Å²) in [5.41, 5.74) is 0.833. The predicted molar refractivity (Wildman–Crippen MR) is 114 cm³/mol. The molecule has 1 aliphatic carbocycles. The lowest BCUT2D eigenvalue weighted by molar-refractivity contribution is -0.121. The molecule has 1 amide bonds. The fourth-order valence-electron chi connectivity index (χ4n) is 4.49. The third-order valence-electron chi connectivity index (χ3n) is 6.30. The van der Waals surface area contributed by atoms with Gasteiger partial charge in [-0.25, -0.2) is 4.68 Å². The van der Waals surface area contributed by atoms with Crippen molar-refractivity contribution in [1.82, 2.24) is 25.1 Å². The van der Waals surface area contributed by atoms with Gasteiger partial charge in [0.2, 0.25) is 5.91 Å². The van der Waals surface area contributed by atoms with E-state index < -0.39 is 0 Å². The van der Waals surface area contributed by atoms with Gasteiger partial charge in [0.1, 0.15) is 18.7 Å². The van der Waals surface area contributed by atoms with Gasteiger partial charge in [-0.1, -0.05) is 6.42 Å². The highest BCUT2D eigenvalue weighted by Crippen LogP contribution is 2.30. The molecule has 1 aromatic carbocycles. The van der Waals surface area contributed by atoms with Gasteiger partial charge in [-0.05, 0) is 92.2 Å². The second-order valence-electron chi connectivity index (χ2n) is 8.51. The van der Waals surface area contributed by atoms with Gasteiger partial charge in [-0.15, -0.1) is 5.10 Å². The van der Waals surface area contributed by atoms with Gasteiger partial charge >= 0.3 is 0 Å². The van der Waals surface area contributed by atoms with Crippen molar-refractivity contribution < 1.29 is 9.53 Å². The molecule has 1 saturated heterocycles. The van der Waals surface area contributed by atoms with Crippen LogP contribution < -0.4 is 10.1 Å². The number of tetrazole rings is 1. The molecule has 0 spiro atoms. The Hall–Kier alpha value is -2.48. The van der Waals surface area contributed by atoms with E-state index in [1.54, 1.807) is 11.0 Å². The van der Waals surface area contributed by atoms with Gasteiger partial charge < -0.3 is 10.1 Å². The minimum atomic E-state index is 0.0793. The van der Waals surface area contributed by atoms with Gasteiger partial charge in [0.05, 0.1) is 0 Å². The summed E-state index contributed by atoms with van der Waals surface area (Å²) in [6.45, 7) is 4.90. The monoisotopic (exact) mass is 412 g/mol. The van der Waals surface area contributed by atoms with Gasteiger partial charge in [0.25, 0.3) is 0 Å². The van der Waals surface area contributed by atoms with Crippen molar-refractivity contribution in [2.75, 3.05) is 31.6 Å². The molecule has 1 saturated carbocycles. The number of piperidine rings is 1. The van der Waals surface area contributed by atoms with Crippen molar-refractivity contribution in [3.63, 3.8) is 0 Å². The number of amides is 1. The second-order valence-corrected chi connectivity index (χ2v) is 8.51. The molecule has 0 atom stereocenters. The van der Waals surface area contributed by atoms with E-state index in [9.17, 15) is 4.79 Å². The number of nitrogens with one attached hydrogen (secondary N) is 1. The van der Waals surface area contributed by atoms with Crippen molar-refractivity contribution in [3.05, 3.63) is 30.6 Å². The van der Waals surface area contributed by atoms with E-state index in [4.69, 9.17) is 4.74 Å². The molecule has 1 aromatic heterocycles. The number of anilines is 1. The van der Waals surface area contributed by atoms with Crippen LogP contribution in [0.15, 0.2) is 30.6 Å². The molecule has 8 heteroatoms. The normalized spacial score (nSPS) is 22.5. The number of rotatable bonds is 8. The number of aromatic nitrogens is 4. The summed E-state index contributed by atoms with van der Waals surface area (Å²) >= 11 is 0. The number of nitrogens with zero attached hydrogens (tertiary/aromatic N) is 5. The number of hydrogen-bond donors (Lipinski definition) is 1. The van der Waals surface area contributed by atoms with Crippen molar-refractivity contribution in [3.8, 4) is 5.75 Å². The Morgan fingerprint density at radius 3 is 2.53 bits per heavy atom. The Labute approximate surface area is 178 Å². The Morgan fingerprint density at radius 1 is 1.07 bits per heavy atom. The summed E-state index contributed by atoms with van der Waals surface area (Å²) in [4.78, 5) is 15.1. The summed E-state index contributed by atoms with van der Waals surface area (Å²) in [7, 11) is 0. The first-order valence-corrected chi connectivity index (χ1v) is 11.2. The van der Waals surface area contributed by atoms with Gasteiger partial charge in [-0.3, -0.25) is 9.69 Å². The number of likely N-dealkylation sites (tertiary alicyclic amines) is 1. The van der Waals surface area contributed by atoms with Gasteiger partial charge in [-0.2, -0.15) is 0 Å². The van der Waals surface area contributed by atoms with E-state index in [2.05, 4.69) is 25.7 Å². The van der Waals surface area contributed by atoms with Crippen LogP contribution in [-0.2, 0) is 11.3 Å². The van der Waals surface area contributed by atoms with Crippen LogP contribution in [0.1, 0.15) is 44.9 Å². The van der Waals surface area contributed by atoms with Crippen molar-refractivity contribution in [2.45, 2.75) is 51.5 Å². The van der Waals surface area contributed by atoms with Crippen LogP contribution in [0.5, 0.6) is 5.75 Å². The van der Waals surface area contributed by atoms with E-state index in [1.165, 1.54) is 32.4 Å². The van der Waals surface area contributed by atoms with Crippen molar-refractivity contribution in [1.29, 1.82) is 0 Å². The van der Waals surface area contributed by atoms with Crippen molar-refractivity contribution >= 4 is 11.6 Å². The lowest BCUT2D eigenvalue weighted by Crippen LogP contribution is -2.33. The summed E-state index contributed by atoms with van der Waals surface area (Å²) in [5, 5.41) is 14.4. The number of ether oxygens (including phenoxy) is 1. The fraction of sp³-hybridized carbons (Fsp3) is 0.636. The SMILES string of the molecule is O=C(Nc1ccc(OCCN2CCCCC2)cc1)C1CCC(Cn2cnnn2)CC1. The molecule has 0 bridgehead atoms. The number of hydrogen-bond acceptors (Lipinski definition) is 6. The van der Waals surface area contributed by atoms with E-state index >= 15 is 0 Å². The summed E-state index contributed by atoms with van der Waals surface area (Å²) < 4.78 is 7.65. The maximum absolute atomic E-state index is 12.6. The van der Waals surface area contributed by atoms with Crippen LogP contribution in [0.4, 0.5) is 5.69 Å². The minimum absolute atomic E-state index is 0.0793. The third-order valence-corrected chi connectivity index (χ3v) is 6.30. The molecule has 2 fully saturated rings. The summed E-state index contributed by atoms with van der Waals surface area (Å²) in [6.07, 6.45) is 9.49. The molecule has 0 radical (unpaired) electrons. The highest BCUT2D eigenvalue weighted by Gasteiger charge is 2.26. The van der Waals surface area contributed by atoms with Crippen LogP contribution in [0.3, 0.4) is 0 Å². The molecule has 1 aliphatic heterocycles. The van der Waals surface area contributed by atoms with E-state index in [-0.39, 0.29) is 11.8 Å². The first-order chi connectivity index (χ1) is 14.8. The Bertz CT molecular complexity index is 765. The zero-order valence-corrected chi connectivity index (χ0v) is 17.6. The highest BCUT2D eigenvalue weighted by atomic mass is 16.5. The molecule has 2 aromatic rings.